The Kier molecular flexibility index (Phi) is 4.01. The molecule has 18 heavy (non-hydrogen) atoms. The van der Waals surface area contributed by atoms with Crippen LogP contribution in [-0.2, 0) is 16.1 Å². The molecule has 1 heterocycles. The van der Waals surface area contributed by atoms with E-state index in [-0.39, 0.29) is 11.9 Å². The van der Waals surface area contributed by atoms with Crippen LogP contribution in [0.2, 0.25) is 0 Å². The molecular formula is C12H16N2O4. The Morgan fingerprint density at radius 3 is 2.89 bits per heavy atom. The number of hydrogen-bond donors (Lipinski definition) is 2. The smallest absolute Gasteiger partial charge is 0.170 e. The number of methoxy groups -OCH3 is 1. The summed E-state index contributed by atoms with van der Waals surface area (Å²) in [5.41, 5.74) is 7.03. The summed E-state index contributed by atoms with van der Waals surface area (Å²) in [6, 6.07) is 5.28. The molecule has 1 aliphatic rings. The highest BCUT2D eigenvalue weighted by molar-refractivity contribution is 5.97. The van der Waals surface area contributed by atoms with E-state index in [4.69, 9.17) is 25.2 Å². The molecule has 1 aromatic carbocycles. The van der Waals surface area contributed by atoms with Gasteiger partial charge in [-0.3, -0.25) is 0 Å². The zero-order valence-electron chi connectivity index (χ0n) is 10.1. The van der Waals surface area contributed by atoms with Crippen LogP contribution in [0.15, 0.2) is 23.4 Å². The zero-order valence-corrected chi connectivity index (χ0v) is 10.1. The fraction of sp³-hybridized carbons (Fsp3) is 0.417. The van der Waals surface area contributed by atoms with Gasteiger partial charge in [0.05, 0.1) is 26.9 Å². The average molecular weight is 252 g/mol. The van der Waals surface area contributed by atoms with Crippen LogP contribution in [0.5, 0.6) is 5.75 Å². The summed E-state index contributed by atoms with van der Waals surface area (Å²) in [7, 11) is 1.59. The molecule has 6 nitrogen and oxygen atoms in total. The van der Waals surface area contributed by atoms with Gasteiger partial charge in [-0.2, -0.15) is 0 Å². The standard InChI is InChI=1S/C12H16N2O4/c1-16-11-3-2-8(12(13)14-15)4-9(11)5-18-10-6-17-7-10/h2-4,10,15H,5-7H2,1H3,(H2,13,14). The third kappa shape index (κ3) is 2.72. The van der Waals surface area contributed by atoms with Gasteiger partial charge in [-0.15, -0.1) is 0 Å². The van der Waals surface area contributed by atoms with E-state index in [0.29, 0.717) is 31.1 Å². The molecule has 3 N–H and O–H groups in total. The van der Waals surface area contributed by atoms with E-state index >= 15 is 0 Å². The largest absolute Gasteiger partial charge is 0.496 e. The van der Waals surface area contributed by atoms with E-state index in [0.717, 1.165) is 5.56 Å². The SMILES string of the molecule is COc1ccc(/C(N)=N/O)cc1COC1COC1. The van der Waals surface area contributed by atoms with Crippen molar-refractivity contribution in [3.05, 3.63) is 29.3 Å². The molecule has 0 spiro atoms. The van der Waals surface area contributed by atoms with Gasteiger partial charge in [0.25, 0.3) is 0 Å². The quantitative estimate of drug-likeness (QED) is 0.349. The van der Waals surface area contributed by atoms with Crippen molar-refractivity contribution in [3.63, 3.8) is 0 Å². The van der Waals surface area contributed by atoms with Crippen molar-refractivity contribution in [1.29, 1.82) is 0 Å². The van der Waals surface area contributed by atoms with Gasteiger partial charge in [0.15, 0.2) is 5.84 Å². The molecular weight excluding hydrogens is 236 g/mol. The Labute approximate surface area is 105 Å². The Morgan fingerprint density at radius 1 is 1.56 bits per heavy atom. The van der Waals surface area contributed by atoms with Gasteiger partial charge in [-0.1, -0.05) is 5.16 Å². The lowest BCUT2D eigenvalue weighted by atomic mass is 10.1. The molecule has 1 aromatic rings. The number of oxime groups is 1. The Bertz CT molecular complexity index is 444. The van der Waals surface area contributed by atoms with Gasteiger partial charge >= 0.3 is 0 Å². The number of amidine groups is 1. The molecule has 0 saturated carbocycles. The van der Waals surface area contributed by atoms with E-state index in [1.807, 2.05) is 0 Å². The average Bonchev–Trinajstić information content (AvgIpc) is 2.35. The topological polar surface area (TPSA) is 86.3 Å². The van der Waals surface area contributed by atoms with Crippen LogP contribution in [0.3, 0.4) is 0 Å². The summed E-state index contributed by atoms with van der Waals surface area (Å²) in [5, 5.41) is 11.6. The number of ether oxygens (including phenoxy) is 3. The van der Waals surface area contributed by atoms with E-state index in [2.05, 4.69) is 5.16 Å². The first-order valence-electron chi connectivity index (χ1n) is 5.58. The molecule has 0 aliphatic carbocycles. The lowest BCUT2D eigenvalue weighted by Crippen LogP contribution is -2.35. The summed E-state index contributed by atoms with van der Waals surface area (Å²) in [5.74, 6) is 0.774. The van der Waals surface area contributed by atoms with Crippen LogP contribution in [0, 0.1) is 0 Å². The van der Waals surface area contributed by atoms with Gasteiger partial charge in [-0.05, 0) is 18.2 Å². The number of rotatable bonds is 5. The molecule has 2 rings (SSSR count). The van der Waals surface area contributed by atoms with Crippen molar-refractivity contribution in [2.45, 2.75) is 12.7 Å². The lowest BCUT2D eigenvalue weighted by Gasteiger charge is -2.26. The van der Waals surface area contributed by atoms with E-state index in [1.165, 1.54) is 0 Å². The van der Waals surface area contributed by atoms with Crippen LogP contribution in [0.1, 0.15) is 11.1 Å². The second-order valence-electron chi connectivity index (χ2n) is 3.98. The highest BCUT2D eigenvalue weighted by atomic mass is 16.6. The van der Waals surface area contributed by atoms with Crippen molar-refractivity contribution in [2.75, 3.05) is 20.3 Å². The molecule has 6 heteroatoms. The van der Waals surface area contributed by atoms with Crippen LogP contribution in [-0.4, -0.2) is 37.5 Å². The van der Waals surface area contributed by atoms with Gasteiger partial charge < -0.3 is 25.2 Å². The van der Waals surface area contributed by atoms with Gasteiger partial charge in [0.2, 0.25) is 0 Å². The molecule has 1 fully saturated rings. The number of nitrogens with zero attached hydrogens (tertiary/aromatic N) is 1. The number of nitrogens with two attached hydrogens (primary N) is 1. The van der Waals surface area contributed by atoms with E-state index < -0.39 is 0 Å². The van der Waals surface area contributed by atoms with Crippen LogP contribution in [0.4, 0.5) is 0 Å². The summed E-state index contributed by atoms with van der Waals surface area (Å²) in [6.07, 6.45) is 0.141. The third-order valence-electron chi connectivity index (χ3n) is 2.77. The summed E-state index contributed by atoms with van der Waals surface area (Å²) < 4.78 is 15.9. The predicted molar refractivity (Wildman–Crippen MR) is 64.9 cm³/mol. The first kappa shape index (κ1) is 12.7. The molecule has 0 amide bonds. The maximum atomic E-state index is 8.65. The summed E-state index contributed by atoms with van der Waals surface area (Å²) in [4.78, 5) is 0. The Balaban J connectivity index is 2.13. The monoisotopic (exact) mass is 252 g/mol. The highest BCUT2D eigenvalue weighted by Gasteiger charge is 2.19. The minimum absolute atomic E-state index is 0.0610. The molecule has 0 radical (unpaired) electrons. The number of hydrogen-bond acceptors (Lipinski definition) is 5. The van der Waals surface area contributed by atoms with Crippen molar-refractivity contribution in [2.24, 2.45) is 10.9 Å². The van der Waals surface area contributed by atoms with E-state index in [1.54, 1.807) is 25.3 Å². The van der Waals surface area contributed by atoms with Crippen molar-refractivity contribution >= 4 is 5.84 Å². The Morgan fingerprint density at radius 2 is 2.33 bits per heavy atom. The molecule has 98 valence electrons. The second-order valence-corrected chi connectivity index (χ2v) is 3.98. The van der Waals surface area contributed by atoms with E-state index in [9.17, 15) is 0 Å². The first-order valence-corrected chi connectivity index (χ1v) is 5.58. The molecule has 0 aromatic heterocycles. The summed E-state index contributed by atoms with van der Waals surface area (Å²) >= 11 is 0. The van der Waals surface area contributed by atoms with Crippen LogP contribution >= 0.6 is 0 Å². The van der Waals surface area contributed by atoms with Gasteiger partial charge in [0, 0.05) is 11.1 Å². The molecule has 1 saturated heterocycles. The number of benzene rings is 1. The van der Waals surface area contributed by atoms with Crippen molar-refractivity contribution in [1.82, 2.24) is 0 Å². The van der Waals surface area contributed by atoms with Crippen molar-refractivity contribution in [3.8, 4) is 5.75 Å². The summed E-state index contributed by atoms with van der Waals surface area (Å²) in [6.45, 7) is 1.66. The fourth-order valence-electron chi connectivity index (χ4n) is 1.63. The zero-order chi connectivity index (χ0) is 13.0. The van der Waals surface area contributed by atoms with Crippen LogP contribution in [0.25, 0.3) is 0 Å². The maximum absolute atomic E-state index is 8.65. The predicted octanol–water partition coefficient (Wildman–Crippen LogP) is 0.705. The molecule has 0 bridgehead atoms. The van der Waals surface area contributed by atoms with Crippen LogP contribution < -0.4 is 10.5 Å². The van der Waals surface area contributed by atoms with Gasteiger partial charge in [-0.25, -0.2) is 0 Å². The van der Waals surface area contributed by atoms with Gasteiger partial charge in [0.1, 0.15) is 11.9 Å². The second kappa shape index (κ2) is 5.70. The minimum Gasteiger partial charge on any atom is -0.496 e. The molecule has 0 atom stereocenters. The highest BCUT2D eigenvalue weighted by Crippen LogP contribution is 2.22. The normalized spacial score (nSPS) is 16.4. The lowest BCUT2D eigenvalue weighted by molar-refractivity contribution is -0.135. The Hall–Kier alpha value is -1.79. The maximum Gasteiger partial charge on any atom is 0.170 e. The van der Waals surface area contributed by atoms with Crippen molar-refractivity contribution < 1.29 is 19.4 Å². The molecule has 1 aliphatic heterocycles. The third-order valence-corrected chi connectivity index (χ3v) is 2.77. The minimum atomic E-state index is 0.0610. The fourth-order valence-corrected chi connectivity index (χ4v) is 1.63. The first-order chi connectivity index (χ1) is 8.74. The molecule has 0 unspecified atom stereocenters.